The van der Waals surface area contributed by atoms with Crippen molar-refractivity contribution in [3.63, 3.8) is 0 Å². The van der Waals surface area contributed by atoms with E-state index in [4.69, 9.17) is 4.42 Å². The Morgan fingerprint density at radius 1 is 1.22 bits per heavy atom. The van der Waals surface area contributed by atoms with Gasteiger partial charge in [-0.05, 0) is 55.7 Å². The van der Waals surface area contributed by atoms with E-state index in [-0.39, 0.29) is 11.7 Å². The maximum Gasteiger partial charge on any atom is 0.248 e. The zero-order valence-corrected chi connectivity index (χ0v) is 12.8. The van der Waals surface area contributed by atoms with E-state index in [1.54, 1.807) is 30.3 Å². The molecule has 1 amide bonds. The third-order valence-corrected chi connectivity index (χ3v) is 3.85. The number of amides is 1. The summed E-state index contributed by atoms with van der Waals surface area (Å²) in [5.74, 6) is -0.0435. The Balaban J connectivity index is 1.64. The molecular formula is C18H19FN2O2. The zero-order valence-electron chi connectivity index (χ0n) is 12.8. The van der Waals surface area contributed by atoms with Crippen LogP contribution < -0.4 is 10.2 Å². The van der Waals surface area contributed by atoms with Crippen molar-refractivity contribution < 1.29 is 13.6 Å². The Morgan fingerprint density at radius 3 is 2.74 bits per heavy atom. The first-order valence-electron chi connectivity index (χ1n) is 7.79. The predicted molar refractivity (Wildman–Crippen MR) is 88.8 cm³/mol. The summed E-state index contributed by atoms with van der Waals surface area (Å²) in [5, 5.41) is 2.65. The van der Waals surface area contributed by atoms with Gasteiger partial charge in [0.15, 0.2) is 0 Å². The van der Waals surface area contributed by atoms with Crippen molar-refractivity contribution in [3.05, 3.63) is 54.2 Å². The van der Waals surface area contributed by atoms with Gasteiger partial charge in [0.05, 0.1) is 12.0 Å². The van der Waals surface area contributed by atoms with Crippen LogP contribution in [0.2, 0.25) is 0 Å². The second-order valence-electron chi connectivity index (χ2n) is 5.55. The summed E-state index contributed by atoms with van der Waals surface area (Å²) in [6.07, 6.45) is 7.84. The number of carbonyl (C=O) groups is 1. The number of carbonyl (C=O) groups excluding carboxylic acids is 1. The zero-order chi connectivity index (χ0) is 16.1. The van der Waals surface area contributed by atoms with Crippen LogP contribution in [0.1, 0.15) is 25.0 Å². The molecular weight excluding hydrogens is 295 g/mol. The normalized spacial score (nSPS) is 15.1. The fourth-order valence-electron chi connectivity index (χ4n) is 2.70. The first-order valence-corrected chi connectivity index (χ1v) is 7.79. The Labute approximate surface area is 134 Å². The molecule has 1 aliphatic heterocycles. The molecule has 0 radical (unpaired) electrons. The summed E-state index contributed by atoms with van der Waals surface area (Å²) < 4.78 is 19.4. The highest BCUT2D eigenvalue weighted by atomic mass is 19.1. The van der Waals surface area contributed by atoms with E-state index in [0.29, 0.717) is 17.1 Å². The number of nitrogens with one attached hydrogen (secondary N) is 1. The number of furan rings is 1. The van der Waals surface area contributed by atoms with E-state index in [0.717, 1.165) is 25.9 Å². The maximum atomic E-state index is 14.3. The molecule has 23 heavy (non-hydrogen) atoms. The minimum Gasteiger partial charge on any atom is -0.465 e. The molecule has 0 spiro atoms. The van der Waals surface area contributed by atoms with Crippen LogP contribution in [-0.4, -0.2) is 19.0 Å². The van der Waals surface area contributed by atoms with Gasteiger partial charge in [-0.25, -0.2) is 4.39 Å². The van der Waals surface area contributed by atoms with Crippen LogP contribution in [0, 0.1) is 5.82 Å². The lowest BCUT2D eigenvalue weighted by Crippen LogP contribution is -2.30. The number of nitrogens with zero attached hydrogens (tertiary/aromatic N) is 1. The van der Waals surface area contributed by atoms with Crippen LogP contribution in [0.3, 0.4) is 0 Å². The molecule has 0 aliphatic carbocycles. The second-order valence-corrected chi connectivity index (χ2v) is 5.55. The summed E-state index contributed by atoms with van der Waals surface area (Å²) >= 11 is 0. The van der Waals surface area contributed by atoms with Crippen molar-refractivity contribution in [2.24, 2.45) is 0 Å². The number of anilines is 2. The standard InChI is InChI=1S/C18H19FN2O2/c19-16-13-14(6-8-17(16)21-10-2-1-3-11-21)20-18(22)9-7-15-5-4-12-23-15/h4-9,12-13H,1-3,10-11H2,(H,20,22)/b9-7+. The smallest absolute Gasteiger partial charge is 0.248 e. The number of hydrogen-bond donors (Lipinski definition) is 1. The SMILES string of the molecule is O=C(/C=C/c1ccco1)Nc1ccc(N2CCCCC2)c(F)c1. The van der Waals surface area contributed by atoms with E-state index in [1.807, 2.05) is 0 Å². The van der Waals surface area contributed by atoms with E-state index in [9.17, 15) is 9.18 Å². The summed E-state index contributed by atoms with van der Waals surface area (Å²) in [4.78, 5) is 13.9. The number of rotatable bonds is 4. The summed E-state index contributed by atoms with van der Waals surface area (Å²) in [6, 6.07) is 8.31. The molecule has 1 fully saturated rings. The average Bonchev–Trinajstić information content (AvgIpc) is 3.07. The van der Waals surface area contributed by atoms with Gasteiger partial charge in [-0.15, -0.1) is 0 Å². The van der Waals surface area contributed by atoms with Crippen molar-refractivity contribution in [1.29, 1.82) is 0 Å². The largest absolute Gasteiger partial charge is 0.465 e. The molecule has 0 bridgehead atoms. The second kappa shape index (κ2) is 7.13. The van der Waals surface area contributed by atoms with Crippen LogP contribution in [0.4, 0.5) is 15.8 Å². The van der Waals surface area contributed by atoms with Crippen molar-refractivity contribution in [2.45, 2.75) is 19.3 Å². The first-order chi connectivity index (χ1) is 11.2. The minimum atomic E-state index is -0.327. The highest BCUT2D eigenvalue weighted by Gasteiger charge is 2.15. The summed E-state index contributed by atoms with van der Waals surface area (Å²) in [6.45, 7) is 1.77. The van der Waals surface area contributed by atoms with E-state index >= 15 is 0 Å². The Kier molecular flexibility index (Phi) is 4.76. The highest BCUT2D eigenvalue weighted by molar-refractivity contribution is 6.01. The molecule has 0 unspecified atom stereocenters. The average molecular weight is 314 g/mol. The Morgan fingerprint density at radius 2 is 2.04 bits per heavy atom. The lowest BCUT2D eigenvalue weighted by Gasteiger charge is -2.29. The van der Waals surface area contributed by atoms with Gasteiger partial charge < -0.3 is 14.6 Å². The molecule has 3 rings (SSSR count). The predicted octanol–water partition coefficient (Wildman–Crippen LogP) is 4.06. The molecule has 4 nitrogen and oxygen atoms in total. The topological polar surface area (TPSA) is 45.5 Å². The van der Waals surface area contributed by atoms with Gasteiger partial charge in [0.2, 0.25) is 5.91 Å². The third-order valence-electron chi connectivity index (χ3n) is 3.85. The van der Waals surface area contributed by atoms with Gasteiger partial charge in [0.1, 0.15) is 11.6 Å². The fourth-order valence-corrected chi connectivity index (χ4v) is 2.70. The number of piperidine rings is 1. The van der Waals surface area contributed by atoms with Crippen molar-refractivity contribution in [3.8, 4) is 0 Å². The lowest BCUT2D eigenvalue weighted by molar-refractivity contribution is -0.111. The minimum absolute atomic E-state index is 0.306. The number of halogens is 1. The molecule has 1 N–H and O–H groups in total. The summed E-state index contributed by atoms with van der Waals surface area (Å²) in [7, 11) is 0. The van der Waals surface area contributed by atoms with Gasteiger partial charge in [-0.1, -0.05) is 0 Å². The molecule has 120 valence electrons. The quantitative estimate of drug-likeness (QED) is 0.866. The van der Waals surface area contributed by atoms with Crippen LogP contribution in [0.25, 0.3) is 6.08 Å². The monoisotopic (exact) mass is 314 g/mol. The van der Waals surface area contributed by atoms with Gasteiger partial charge in [0, 0.05) is 24.9 Å². The molecule has 1 aromatic carbocycles. The van der Waals surface area contributed by atoms with E-state index < -0.39 is 0 Å². The van der Waals surface area contributed by atoms with Gasteiger partial charge in [-0.2, -0.15) is 0 Å². The molecule has 1 aliphatic rings. The summed E-state index contributed by atoms with van der Waals surface area (Å²) in [5.41, 5.74) is 1.05. The first kappa shape index (κ1) is 15.3. The lowest BCUT2D eigenvalue weighted by atomic mass is 10.1. The van der Waals surface area contributed by atoms with Gasteiger partial charge >= 0.3 is 0 Å². The number of hydrogen-bond acceptors (Lipinski definition) is 3. The number of benzene rings is 1. The van der Waals surface area contributed by atoms with Crippen molar-refractivity contribution in [1.82, 2.24) is 0 Å². The third kappa shape index (κ3) is 4.00. The van der Waals surface area contributed by atoms with Crippen LogP contribution in [0.5, 0.6) is 0 Å². The molecule has 2 aromatic rings. The van der Waals surface area contributed by atoms with Crippen LogP contribution in [-0.2, 0) is 4.79 Å². The van der Waals surface area contributed by atoms with Crippen LogP contribution in [0.15, 0.2) is 47.1 Å². The maximum absolute atomic E-state index is 14.3. The Hall–Kier alpha value is -2.56. The van der Waals surface area contributed by atoms with Gasteiger partial charge in [0.25, 0.3) is 0 Å². The van der Waals surface area contributed by atoms with Crippen molar-refractivity contribution >= 4 is 23.4 Å². The van der Waals surface area contributed by atoms with Crippen molar-refractivity contribution in [2.75, 3.05) is 23.3 Å². The molecule has 1 aromatic heterocycles. The molecule has 5 heteroatoms. The van der Waals surface area contributed by atoms with E-state index in [2.05, 4.69) is 10.2 Å². The van der Waals surface area contributed by atoms with Gasteiger partial charge in [-0.3, -0.25) is 4.79 Å². The molecule has 1 saturated heterocycles. The van der Waals surface area contributed by atoms with E-state index in [1.165, 1.54) is 24.8 Å². The van der Waals surface area contributed by atoms with Crippen LogP contribution >= 0.6 is 0 Å². The molecule has 0 saturated carbocycles. The molecule has 0 atom stereocenters. The molecule has 2 heterocycles. The Bertz CT molecular complexity index is 689. The highest BCUT2D eigenvalue weighted by Crippen LogP contribution is 2.25. The fraction of sp³-hybridized carbons (Fsp3) is 0.278.